The van der Waals surface area contributed by atoms with Crippen LogP contribution in [0, 0.1) is 0 Å². The van der Waals surface area contributed by atoms with E-state index in [2.05, 4.69) is 10.3 Å². The zero-order valence-electron chi connectivity index (χ0n) is 19.8. The van der Waals surface area contributed by atoms with Gasteiger partial charge in [-0.3, -0.25) is 0 Å². The zero-order chi connectivity index (χ0) is 24.9. The maximum atomic E-state index is 12.9. The quantitative estimate of drug-likeness (QED) is 0.354. The molecule has 3 rings (SSSR count). The number of imidazole rings is 1. The van der Waals surface area contributed by atoms with Gasteiger partial charge < -0.3 is 14.6 Å². The van der Waals surface area contributed by atoms with Crippen molar-refractivity contribution in [1.29, 1.82) is 0 Å². The molecular weight excluding hydrogens is 463 g/mol. The van der Waals surface area contributed by atoms with Gasteiger partial charge in [0.15, 0.2) is 5.65 Å². The number of hydrogen-bond donors (Lipinski definition) is 1. The van der Waals surface area contributed by atoms with E-state index < -0.39 is 18.6 Å². The normalized spacial score (nSPS) is 13.6. The van der Waals surface area contributed by atoms with Gasteiger partial charge in [-0.2, -0.15) is 13.2 Å². The van der Waals surface area contributed by atoms with Crippen LogP contribution in [0.3, 0.4) is 0 Å². The number of urea groups is 1. The van der Waals surface area contributed by atoms with E-state index in [1.165, 1.54) is 11.8 Å². The fraction of sp³-hybridized carbons (Fsp3) is 0.458. The number of rotatable bonds is 9. The largest absolute Gasteiger partial charge is 0.389 e. The van der Waals surface area contributed by atoms with Gasteiger partial charge in [-0.05, 0) is 44.6 Å². The van der Waals surface area contributed by atoms with E-state index in [9.17, 15) is 18.0 Å². The number of fused-ring (bicyclic) bond motifs is 1. The minimum atomic E-state index is -4.24. The van der Waals surface area contributed by atoms with Gasteiger partial charge in [-0.25, -0.2) is 14.8 Å². The number of carbonyl (C=O) groups is 1. The van der Waals surface area contributed by atoms with Gasteiger partial charge in [0.25, 0.3) is 0 Å². The SMILES string of the molecule is CCC(CCC(F)(F)F)NC(=O)N(CC)[C@H](C)c1cccc(-c2cn3ccnc3c(SC)n2)c1. The second-order valence-electron chi connectivity index (χ2n) is 8.09. The fourth-order valence-electron chi connectivity index (χ4n) is 3.88. The van der Waals surface area contributed by atoms with Crippen molar-refractivity contribution < 1.29 is 18.0 Å². The van der Waals surface area contributed by atoms with Crippen LogP contribution < -0.4 is 5.32 Å². The summed E-state index contributed by atoms with van der Waals surface area (Å²) < 4.78 is 39.8. The number of hydrogen-bond acceptors (Lipinski definition) is 4. The Morgan fingerprint density at radius 1 is 1.29 bits per heavy atom. The van der Waals surface area contributed by atoms with Crippen LogP contribution in [-0.4, -0.2) is 50.3 Å². The van der Waals surface area contributed by atoms with E-state index in [1.54, 1.807) is 18.0 Å². The smallest absolute Gasteiger partial charge is 0.335 e. The number of thioether (sulfide) groups is 1. The monoisotopic (exact) mass is 493 g/mol. The second kappa shape index (κ2) is 11.1. The van der Waals surface area contributed by atoms with Crippen molar-refractivity contribution in [1.82, 2.24) is 24.6 Å². The zero-order valence-corrected chi connectivity index (χ0v) is 20.6. The number of alkyl halides is 3. The lowest BCUT2D eigenvalue weighted by atomic mass is 10.0. The third-order valence-corrected chi connectivity index (χ3v) is 6.53. The average Bonchev–Trinajstić information content (AvgIpc) is 3.29. The number of aromatic nitrogens is 3. The van der Waals surface area contributed by atoms with Crippen LogP contribution in [0.1, 0.15) is 51.6 Å². The van der Waals surface area contributed by atoms with Crippen molar-refractivity contribution in [2.75, 3.05) is 12.8 Å². The van der Waals surface area contributed by atoms with Gasteiger partial charge in [0.2, 0.25) is 0 Å². The van der Waals surface area contributed by atoms with Crippen LogP contribution in [0.4, 0.5) is 18.0 Å². The molecule has 0 aliphatic heterocycles. The predicted molar refractivity (Wildman–Crippen MR) is 129 cm³/mol. The van der Waals surface area contributed by atoms with E-state index in [1.807, 2.05) is 61.2 Å². The standard InChI is InChI=1S/C24H30F3N5OS/c1-5-19(10-11-24(25,26)27)29-23(33)32(6-2)16(3)17-8-7-9-18(14-17)20-15-31-13-12-28-21(31)22(30-20)34-4/h7-9,12-16,19H,5-6,10-11H2,1-4H3,(H,29,33)/t16-,19?/m1/s1. The van der Waals surface area contributed by atoms with E-state index in [4.69, 9.17) is 4.98 Å². The van der Waals surface area contributed by atoms with Crippen LogP contribution in [0.2, 0.25) is 0 Å². The van der Waals surface area contributed by atoms with E-state index in [0.29, 0.717) is 13.0 Å². The molecule has 1 unspecified atom stereocenters. The number of nitrogens with one attached hydrogen (secondary N) is 1. The van der Waals surface area contributed by atoms with Crippen LogP contribution in [0.25, 0.3) is 16.9 Å². The van der Waals surface area contributed by atoms with Gasteiger partial charge in [0.1, 0.15) is 5.03 Å². The van der Waals surface area contributed by atoms with Gasteiger partial charge in [0.05, 0.1) is 11.7 Å². The molecule has 2 aromatic heterocycles. The Balaban J connectivity index is 1.80. The lowest BCUT2D eigenvalue weighted by Crippen LogP contribution is -2.45. The molecule has 2 atom stereocenters. The highest BCUT2D eigenvalue weighted by Crippen LogP contribution is 2.28. The fourth-order valence-corrected chi connectivity index (χ4v) is 4.41. The summed E-state index contributed by atoms with van der Waals surface area (Å²) in [7, 11) is 0. The van der Waals surface area contributed by atoms with Crippen molar-refractivity contribution in [3.63, 3.8) is 0 Å². The number of nitrogens with zero attached hydrogens (tertiary/aromatic N) is 4. The summed E-state index contributed by atoms with van der Waals surface area (Å²) in [5.41, 5.74) is 3.40. The molecule has 34 heavy (non-hydrogen) atoms. The summed E-state index contributed by atoms with van der Waals surface area (Å²) in [6.07, 6.45) is 2.63. The minimum absolute atomic E-state index is 0.132. The second-order valence-corrected chi connectivity index (χ2v) is 8.88. The Labute approximate surface area is 202 Å². The van der Waals surface area contributed by atoms with Gasteiger partial charge in [-0.15, -0.1) is 11.8 Å². The Kier molecular flexibility index (Phi) is 8.46. The van der Waals surface area contributed by atoms with E-state index in [0.717, 1.165) is 27.5 Å². The summed E-state index contributed by atoms with van der Waals surface area (Å²) in [4.78, 5) is 23.7. The molecule has 1 N–H and O–H groups in total. The molecule has 2 amide bonds. The molecule has 0 aliphatic carbocycles. The molecule has 0 radical (unpaired) electrons. The Morgan fingerprint density at radius 3 is 2.71 bits per heavy atom. The first-order valence-electron chi connectivity index (χ1n) is 11.3. The molecule has 0 spiro atoms. The highest BCUT2D eigenvalue weighted by Gasteiger charge is 2.29. The summed E-state index contributed by atoms with van der Waals surface area (Å²) in [5, 5.41) is 3.60. The van der Waals surface area contributed by atoms with E-state index in [-0.39, 0.29) is 18.5 Å². The minimum Gasteiger partial charge on any atom is -0.335 e. The molecule has 0 saturated heterocycles. The van der Waals surface area contributed by atoms with Crippen molar-refractivity contribution in [3.8, 4) is 11.3 Å². The summed E-state index contributed by atoms with van der Waals surface area (Å²) in [5.74, 6) is 0. The molecule has 0 saturated carbocycles. The van der Waals surface area contributed by atoms with Crippen molar-refractivity contribution in [2.45, 2.75) is 63.3 Å². The molecule has 10 heteroatoms. The van der Waals surface area contributed by atoms with Crippen LogP contribution in [0.15, 0.2) is 47.9 Å². The Morgan fingerprint density at radius 2 is 2.06 bits per heavy atom. The molecular formula is C24H30F3N5OS. The summed E-state index contributed by atoms with van der Waals surface area (Å²) in [6, 6.07) is 6.65. The maximum Gasteiger partial charge on any atom is 0.389 e. The average molecular weight is 494 g/mol. The molecule has 0 bridgehead atoms. The number of carbonyl (C=O) groups excluding carboxylic acids is 1. The molecule has 1 aromatic carbocycles. The third-order valence-electron chi connectivity index (χ3n) is 5.87. The highest BCUT2D eigenvalue weighted by molar-refractivity contribution is 7.98. The van der Waals surface area contributed by atoms with Gasteiger partial charge in [0, 0.05) is 43.2 Å². The van der Waals surface area contributed by atoms with Gasteiger partial charge in [-0.1, -0.05) is 25.1 Å². The number of amides is 2. The molecule has 6 nitrogen and oxygen atoms in total. The first-order chi connectivity index (χ1) is 16.2. The predicted octanol–water partition coefficient (Wildman–Crippen LogP) is 6.33. The first-order valence-corrected chi connectivity index (χ1v) is 12.5. The molecule has 184 valence electrons. The lowest BCUT2D eigenvalue weighted by molar-refractivity contribution is -0.136. The lowest BCUT2D eigenvalue weighted by Gasteiger charge is -2.31. The van der Waals surface area contributed by atoms with Crippen LogP contribution in [-0.2, 0) is 0 Å². The highest BCUT2D eigenvalue weighted by atomic mass is 32.2. The van der Waals surface area contributed by atoms with Gasteiger partial charge >= 0.3 is 12.2 Å². The molecule has 3 aromatic rings. The number of benzene rings is 1. The van der Waals surface area contributed by atoms with Crippen molar-refractivity contribution in [3.05, 3.63) is 48.4 Å². The van der Waals surface area contributed by atoms with E-state index >= 15 is 0 Å². The summed E-state index contributed by atoms with van der Waals surface area (Å²) >= 11 is 1.52. The maximum absolute atomic E-state index is 12.9. The van der Waals surface area contributed by atoms with Crippen LogP contribution >= 0.6 is 11.8 Å². The summed E-state index contributed by atoms with van der Waals surface area (Å²) in [6.45, 7) is 5.97. The first kappa shape index (κ1) is 25.9. The van der Waals surface area contributed by atoms with Crippen molar-refractivity contribution >= 4 is 23.4 Å². The number of halogens is 3. The Hall–Kier alpha value is -2.75. The molecule has 0 aliphatic rings. The molecule has 0 fully saturated rings. The van der Waals surface area contributed by atoms with Crippen molar-refractivity contribution in [2.24, 2.45) is 0 Å². The third kappa shape index (κ3) is 6.22. The Bertz CT molecular complexity index is 1120. The molecule has 2 heterocycles. The topological polar surface area (TPSA) is 62.5 Å². The van der Waals surface area contributed by atoms with Crippen LogP contribution in [0.5, 0.6) is 0 Å².